The van der Waals surface area contributed by atoms with Crippen LogP contribution in [-0.4, -0.2) is 15.2 Å². The predicted octanol–water partition coefficient (Wildman–Crippen LogP) is 5.06. The summed E-state index contributed by atoms with van der Waals surface area (Å²) >= 11 is 0. The number of aromatic hydroxyl groups is 1. The van der Waals surface area contributed by atoms with Crippen molar-refractivity contribution in [3.63, 3.8) is 0 Å². The summed E-state index contributed by atoms with van der Waals surface area (Å²) in [6.45, 7) is 0. The van der Waals surface area contributed by atoms with Gasteiger partial charge in [0.05, 0.1) is 11.1 Å². The van der Waals surface area contributed by atoms with E-state index in [1.807, 2.05) is 0 Å². The molecule has 0 saturated carbocycles. The highest BCUT2D eigenvalue weighted by Crippen LogP contribution is 2.40. The average Bonchev–Trinajstić information content (AvgIpc) is 2.58. The predicted molar refractivity (Wildman–Crippen MR) is 83.9 cm³/mol. The molecule has 0 aliphatic rings. The molecule has 2 N–H and O–H groups in total. The van der Waals surface area contributed by atoms with Crippen LogP contribution in [0.5, 0.6) is 5.75 Å². The third kappa shape index (κ3) is 3.68. The van der Waals surface area contributed by atoms with Crippen molar-refractivity contribution in [2.45, 2.75) is 18.5 Å². The highest BCUT2D eigenvalue weighted by Gasteiger charge is 2.38. The lowest BCUT2D eigenvalue weighted by Gasteiger charge is -2.19. The zero-order chi connectivity index (χ0) is 20.0. The number of halogens is 6. The summed E-state index contributed by atoms with van der Waals surface area (Å²) in [5.74, 6) is -0.253. The van der Waals surface area contributed by atoms with Gasteiger partial charge in [0.2, 0.25) is 0 Å². The Hall–Kier alpha value is -2.81. The number of phenols is 1. The van der Waals surface area contributed by atoms with E-state index in [1.165, 1.54) is 18.2 Å². The number of para-hydroxylation sites is 1. The Balaban J connectivity index is 2.34. The molecular weight excluding hydrogens is 376 g/mol. The van der Waals surface area contributed by atoms with Crippen LogP contribution in [0.4, 0.5) is 26.3 Å². The first-order chi connectivity index (χ1) is 12.5. The van der Waals surface area contributed by atoms with E-state index in [9.17, 15) is 36.6 Å². The van der Waals surface area contributed by atoms with Crippen molar-refractivity contribution < 1.29 is 36.6 Å². The minimum atomic E-state index is -5.01. The number of aromatic nitrogens is 1. The van der Waals surface area contributed by atoms with E-state index in [-0.39, 0.29) is 16.7 Å². The van der Waals surface area contributed by atoms with Crippen LogP contribution < -0.4 is 0 Å². The van der Waals surface area contributed by atoms with Crippen LogP contribution in [0.3, 0.4) is 0 Å². The molecule has 0 aliphatic heterocycles. The van der Waals surface area contributed by atoms with Gasteiger partial charge in [-0.2, -0.15) is 26.3 Å². The maximum Gasteiger partial charge on any atom is 0.433 e. The fourth-order valence-corrected chi connectivity index (χ4v) is 2.75. The third-order valence-corrected chi connectivity index (χ3v) is 3.95. The summed E-state index contributed by atoms with van der Waals surface area (Å²) in [5.41, 5.74) is -4.18. The van der Waals surface area contributed by atoms with Gasteiger partial charge in [-0.05, 0) is 35.4 Å². The summed E-state index contributed by atoms with van der Waals surface area (Å²) in [7, 11) is 0. The van der Waals surface area contributed by atoms with Crippen LogP contribution in [-0.2, 0) is 12.4 Å². The fraction of sp³-hybridized carbons (Fsp3) is 0.167. The van der Waals surface area contributed by atoms with E-state index in [4.69, 9.17) is 0 Å². The normalized spacial score (nSPS) is 13.7. The minimum Gasteiger partial charge on any atom is -0.508 e. The van der Waals surface area contributed by atoms with Crippen molar-refractivity contribution in [2.24, 2.45) is 0 Å². The van der Waals surface area contributed by atoms with Crippen LogP contribution in [0, 0.1) is 0 Å². The summed E-state index contributed by atoms with van der Waals surface area (Å²) in [6.07, 6.45) is -11.6. The Bertz CT molecular complexity index is 997. The van der Waals surface area contributed by atoms with Gasteiger partial charge < -0.3 is 10.2 Å². The monoisotopic (exact) mass is 387 g/mol. The molecule has 27 heavy (non-hydrogen) atoms. The molecule has 3 nitrogen and oxygen atoms in total. The van der Waals surface area contributed by atoms with Crippen molar-refractivity contribution in [1.29, 1.82) is 0 Å². The SMILES string of the molecule is Oc1cccc(C(O)c2cc(C(F)(F)F)nc3c(C(F)(F)F)cccc23)c1. The van der Waals surface area contributed by atoms with E-state index >= 15 is 0 Å². The Morgan fingerprint density at radius 3 is 2.11 bits per heavy atom. The van der Waals surface area contributed by atoms with Crippen molar-refractivity contribution in [1.82, 2.24) is 4.98 Å². The van der Waals surface area contributed by atoms with Gasteiger partial charge in [0, 0.05) is 5.39 Å². The molecule has 1 heterocycles. The lowest BCUT2D eigenvalue weighted by Crippen LogP contribution is -2.14. The van der Waals surface area contributed by atoms with Crippen molar-refractivity contribution in [2.75, 3.05) is 0 Å². The first-order valence-electron chi connectivity index (χ1n) is 7.53. The lowest BCUT2D eigenvalue weighted by molar-refractivity contribution is -0.142. The van der Waals surface area contributed by atoms with Gasteiger partial charge in [-0.3, -0.25) is 0 Å². The first kappa shape index (κ1) is 19.0. The molecule has 1 atom stereocenters. The number of nitrogens with zero attached hydrogens (tertiary/aromatic N) is 1. The highest BCUT2D eigenvalue weighted by molar-refractivity contribution is 5.86. The fourth-order valence-electron chi connectivity index (χ4n) is 2.75. The number of benzene rings is 2. The number of rotatable bonds is 2. The van der Waals surface area contributed by atoms with Crippen LogP contribution >= 0.6 is 0 Å². The number of aliphatic hydroxyl groups is 1. The standard InChI is InChI=1S/C18H11F6NO2/c19-17(20,21)13-6-2-5-11-12(8-14(18(22,23)24)25-15(11)13)16(27)9-3-1-4-10(26)7-9/h1-8,16,26-27H. The van der Waals surface area contributed by atoms with Crippen LogP contribution in [0.2, 0.25) is 0 Å². The molecule has 0 amide bonds. The Morgan fingerprint density at radius 1 is 0.852 bits per heavy atom. The quantitative estimate of drug-likeness (QED) is 0.605. The summed E-state index contributed by atoms with van der Waals surface area (Å²) in [6, 6.07) is 8.39. The second kappa shape index (κ2) is 6.41. The van der Waals surface area contributed by atoms with Gasteiger partial charge in [0.25, 0.3) is 0 Å². The first-order valence-corrected chi connectivity index (χ1v) is 7.53. The summed E-state index contributed by atoms with van der Waals surface area (Å²) in [4.78, 5) is 3.16. The molecule has 0 bridgehead atoms. The average molecular weight is 387 g/mol. The number of hydrogen-bond donors (Lipinski definition) is 2. The summed E-state index contributed by atoms with van der Waals surface area (Å²) < 4.78 is 79.3. The molecule has 1 unspecified atom stereocenters. The van der Waals surface area contributed by atoms with E-state index in [2.05, 4.69) is 4.98 Å². The molecule has 0 spiro atoms. The second-order valence-corrected chi connectivity index (χ2v) is 5.79. The maximum atomic E-state index is 13.2. The number of alkyl halides is 6. The molecule has 0 saturated heterocycles. The van der Waals surface area contributed by atoms with Crippen LogP contribution in [0.1, 0.15) is 28.5 Å². The largest absolute Gasteiger partial charge is 0.508 e. The van der Waals surface area contributed by atoms with Crippen molar-refractivity contribution >= 4 is 10.9 Å². The third-order valence-electron chi connectivity index (χ3n) is 3.95. The van der Waals surface area contributed by atoms with E-state index < -0.39 is 40.8 Å². The van der Waals surface area contributed by atoms with Gasteiger partial charge in [0.15, 0.2) is 0 Å². The zero-order valence-electron chi connectivity index (χ0n) is 13.3. The molecule has 142 valence electrons. The van der Waals surface area contributed by atoms with Gasteiger partial charge in [-0.15, -0.1) is 0 Å². The molecule has 9 heteroatoms. The molecule has 0 aliphatic carbocycles. The van der Waals surface area contributed by atoms with Crippen molar-refractivity contribution in [3.8, 4) is 5.75 Å². The Morgan fingerprint density at radius 2 is 1.52 bits per heavy atom. The Labute approximate surface area is 148 Å². The van der Waals surface area contributed by atoms with Crippen molar-refractivity contribution in [3.05, 3.63) is 70.9 Å². The smallest absolute Gasteiger partial charge is 0.433 e. The van der Waals surface area contributed by atoms with Crippen LogP contribution in [0.25, 0.3) is 10.9 Å². The van der Waals surface area contributed by atoms with Gasteiger partial charge in [0.1, 0.15) is 17.5 Å². The van der Waals surface area contributed by atoms with E-state index in [1.54, 1.807) is 0 Å². The lowest BCUT2D eigenvalue weighted by atomic mass is 9.95. The molecule has 3 aromatic rings. The van der Waals surface area contributed by atoms with Gasteiger partial charge in [-0.25, -0.2) is 4.98 Å². The van der Waals surface area contributed by atoms with Gasteiger partial charge >= 0.3 is 12.4 Å². The molecule has 2 aromatic carbocycles. The van der Waals surface area contributed by atoms with Gasteiger partial charge in [-0.1, -0.05) is 24.3 Å². The number of fused-ring (bicyclic) bond motifs is 1. The zero-order valence-corrected chi connectivity index (χ0v) is 13.3. The number of pyridine rings is 1. The highest BCUT2D eigenvalue weighted by atomic mass is 19.4. The summed E-state index contributed by atoms with van der Waals surface area (Å²) in [5, 5.41) is 19.7. The van der Waals surface area contributed by atoms with E-state index in [0.717, 1.165) is 18.2 Å². The Kier molecular flexibility index (Phi) is 4.51. The molecule has 0 radical (unpaired) electrons. The minimum absolute atomic E-state index is 0.0213. The number of hydrogen-bond acceptors (Lipinski definition) is 3. The van der Waals surface area contributed by atoms with E-state index in [0.29, 0.717) is 12.1 Å². The maximum absolute atomic E-state index is 13.2. The second-order valence-electron chi connectivity index (χ2n) is 5.79. The molecule has 3 rings (SSSR count). The molecule has 0 fully saturated rings. The number of aliphatic hydroxyl groups excluding tert-OH is 1. The molecule has 1 aromatic heterocycles. The van der Waals surface area contributed by atoms with Crippen LogP contribution in [0.15, 0.2) is 48.5 Å². The molecular formula is C18H11F6NO2. The number of phenolic OH excluding ortho intramolecular Hbond substituents is 1. The topological polar surface area (TPSA) is 53.4 Å².